The molecule has 1 saturated heterocycles. The summed E-state index contributed by atoms with van der Waals surface area (Å²) in [7, 11) is 0. The zero-order valence-electron chi connectivity index (χ0n) is 16.2. The van der Waals surface area contributed by atoms with Gasteiger partial charge in [0.2, 0.25) is 5.91 Å². The molecule has 28 heavy (non-hydrogen) atoms. The maximum atomic E-state index is 12.6. The van der Waals surface area contributed by atoms with Crippen LogP contribution in [0.4, 0.5) is 0 Å². The van der Waals surface area contributed by atoms with Crippen LogP contribution in [0.25, 0.3) is 0 Å². The fraction of sp³-hybridized carbons (Fsp3) is 0.476. The van der Waals surface area contributed by atoms with E-state index >= 15 is 0 Å². The van der Waals surface area contributed by atoms with Crippen molar-refractivity contribution in [3.8, 4) is 5.75 Å². The lowest BCUT2D eigenvalue weighted by atomic mass is 9.78. The van der Waals surface area contributed by atoms with E-state index in [2.05, 4.69) is 9.97 Å². The molecule has 148 valence electrons. The predicted molar refractivity (Wildman–Crippen MR) is 104 cm³/mol. The second kappa shape index (κ2) is 7.66. The lowest BCUT2D eigenvalue weighted by molar-refractivity contribution is -0.144. The van der Waals surface area contributed by atoms with Crippen molar-refractivity contribution >= 4 is 11.8 Å². The average Bonchev–Trinajstić information content (AvgIpc) is 3.23. The molecule has 7 heteroatoms. The van der Waals surface area contributed by atoms with Crippen LogP contribution in [-0.2, 0) is 21.5 Å². The number of benzene rings is 1. The van der Waals surface area contributed by atoms with E-state index in [0.29, 0.717) is 44.6 Å². The van der Waals surface area contributed by atoms with Gasteiger partial charge in [0.1, 0.15) is 5.75 Å². The smallest absolute Gasteiger partial charge is 0.260 e. The summed E-state index contributed by atoms with van der Waals surface area (Å²) >= 11 is 0. The molecular weight excluding hydrogens is 356 g/mol. The molecule has 0 bridgehead atoms. The quantitative estimate of drug-likeness (QED) is 0.878. The summed E-state index contributed by atoms with van der Waals surface area (Å²) in [4.78, 5) is 36.9. The third-order valence-electron chi connectivity index (χ3n) is 5.91. The van der Waals surface area contributed by atoms with Crippen molar-refractivity contribution < 1.29 is 14.3 Å². The number of likely N-dealkylation sites (tertiary alicyclic amines) is 1. The number of aromatic nitrogens is 2. The van der Waals surface area contributed by atoms with Gasteiger partial charge in [0.05, 0.1) is 17.6 Å². The number of amides is 2. The number of carbonyl (C=O) groups excluding carboxylic acids is 2. The lowest BCUT2D eigenvalue weighted by Crippen LogP contribution is -2.59. The monoisotopic (exact) mass is 382 g/mol. The Morgan fingerprint density at radius 3 is 2.61 bits per heavy atom. The van der Waals surface area contributed by atoms with Crippen molar-refractivity contribution in [3.05, 3.63) is 48.0 Å². The van der Waals surface area contributed by atoms with Gasteiger partial charge in [-0.1, -0.05) is 25.1 Å². The van der Waals surface area contributed by atoms with E-state index in [1.807, 2.05) is 47.1 Å². The van der Waals surface area contributed by atoms with Crippen molar-refractivity contribution in [2.75, 3.05) is 26.2 Å². The molecule has 4 rings (SSSR count). The number of piperidine rings is 1. The van der Waals surface area contributed by atoms with Gasteiger partial charge in [0.25, 0.3) is 5.91 Å². The molecule has 3 heterocycles. The van der Waals surface area contributed by atoms with Gasteiger partial charge in [-0.05, 0) is 25.0 Å². The van der Waals surface area contributed by atoms with E-state index in [-0.39, 0.29) is 18.4 Å². The molecule has 1 aromatic carbocycles. The van der Waals surface area contributed by atoms with E-state index in [1.165, 1.54) is 0 Å². The van der Waals surface area contributed by atoms with Gasteiger partial charge in [-0.15, -0.1) is 0 Å². The standard InChI is InChI=1S/C21H26N4O3/c1-2-18(26)25-11-8-17-20(23-15-22-17)21(25)9-12-24(13-10-21)19(27)14-28-16-6-4-3-5-7-16/h3-7,15H,2,8-14H2,1H3,(H,22,23). The minimum absolute atomic E-state index is 0.0230. The van der Waals surface area contributed by atoms with Gasteiger partial charge >= 0.3 is 0 Å². The summed E-state index contributed by atoms with van der Waals surface area (Å²) in [6.07, 6.45) is 4.41. The highest BCUT2D eigenvalue weighted by molar-refractivity contribution is 5.79. The topological polar surface area (TPSA) is 78.5 Å². The Balaban J connectivity index is 1.45. The zero-order valence-corrected chi connectivity index (χ0v) is 16.2. The fourth-order valence-corrected chi connectivity index (χ4v) is 4.42. The number of nitrogens with zero attached hydrogens (tertiary/aromatic N) is 3. The normalized spacial score (nSPS) is 18.0. The van der Waals surface area contributed by atoms with Gasteiger partial charge in [-0.3, -0.25) is 9.59 Å². The zero-order chi connectivity index (χ0) is 19.6. The van der Waals surface area contributed by atoms with Crippen LogP contribution in [0, 0.1) is 0 Å². The number of carbonyl (C=O) groups is 2. The van der Waals surface area contributed by atoms with Gasteiger partial charge < -0.3 is 19.5 Å². The van der Waals surface area contributed by atoms with Crippen molar-refractivity contribution in [2.24, 2.45) is 0 Å². The van der Waals surface area contributed by atoms with Crippen molar-refractivity contribution in [1.29, 1.82) is 0 Å². The summed E-state index contributed by atoms with van der Waals surface area (Å²) in [5, 5.41) is 0. The first-order valence-electron chi connectivity index (χ1n) is 9.93. The van der Waals surface area contributed by atoms with Crippen LogP contribution in [0.2, 0.25) is 0 Å². The molecule has 0 saturated carbocycles. The molecule has 1 spiro atoms. The van der Waals surface area contributed by atoms with Gasteiger partial charge in [0.15, 0.2) is 6.61 Å². The number of para-hydroxylation sites is 1. The van der Waals surface area contributed by atoms with Crippen LogP contribution in [-0.4, -0.2) is 57.8 Å². The van der Waals surface area contributed by atoms with E-state index in [1.54, 1.807) is 6.33 Å². The predicted octanol–water partition coefficient (Wildman–Crippen LogP) is 2.10. The summed E-state index contributed by atoms with van der Waals surface area (Å²) in [6, 6.07) is 9.36. The van der Waals surface area contributed by atoms with Crippen LogP contribution in [0.5, 0.6) is 5.75 Å². The number of fused-ring (bicyclic) bond motifs is 2. The number of ether oxygens (including phenoxy) is 1. The molecule has 2 aliphatic heterocycles. The Labute approximate surface area is 164 Å². The largest absolute Gasteiger partial charge is 0.484 e. The Hall–Kier alpha value is -2.83. The fourth-order valence-electron chi connectivity index (χ4n) is 4.42. The van der Waals surface area contributed by atoms with Crippen LogP contribution >= 0.6 is 0 Å². The van der Waals surface area contributed by atoms with E-state index < -0.39 is 5.54 Å². The number of nitrogens with one attached hydrogen (secondary N) is 1. The van der Waals surface area contributed by atoms with Gasteiger partial charge in [0, 0.05) is 38.2 Å². The summed E-state index contributed by atoms with van der Waals surface area (Å²) in [5.74, 6) is 0.823. The maximum Gasteiger partial charge on any atom is 0.260 e. The van der Waals surface area contributed by atoms with Crippen molar-refractivity contribution in [3.63, 3.8) is 0 Å². The van der Waals surface area contributed by atoms with Crippen molar-refractivity contribution in [2.45, 2.75) is 38.1 Å². The Morgan fingerprint density at radius 1 is 1.14 bits per heavy atom. The van der Waals surface area contributed by atoms with E-state index in [0.717, 1.165) is 17.8 Å². The lowest BCUT2D eigenvalue weighted by Gasteiger charge is -2.50. The molecule has 2 aliphatic rings. The third-order valence-corrected chi connectivity index (χ3v) is 5.91. The van der Waals surface area contributed by atoms with Crippen LogP contribution in [0.1, 0.15) is 37.6 Å². The summed E-state index contributed by atoms with van der Waals surface area (Å²) in [6.45, 7) is 3.82. The molecule has 1 N–H and O–H groups in total. The van der Waals surface area contributed by atoms with Crippen molar-refractivity contribution in [1.82, 2.24) is 19.8 Å². The summed E-state index contributed by atoms with van der Waals surface area (Å²) in [5.41, 5.74) is 1.69. The highest BCUT2D eigenvalue weighted by atomic mass is 16.5. The highest BCUT2D eigenvalue weighted by Gasteiger charge is 2.48. The Kier molecular flexibility index (Phi) is 5.07. The SMILES string of the molecule is CCC(=O)N1CCc2[nH]cnc2C12CCN(C(=O)COc1ccccc1)CC2. The van der Waals surface area contributed by atoms with Gasteiger partial charge in [-0.2, -0.15) is 0 Å². The number of hydrogen-bond donors (Lipinski definition) is 1. The molecule has 2 aromatic rings. The number of aromatic amines is 1. The first-order valence-corrected chi connectivity index (χ1v) is 9.93. The second-order valence-electron chi connectivity index (χ2n) is 7.39. The number of H-pyrrole nitrogens is 1. The molecule has 0 aliphatic carbocycles. The number of imidazole rings is 1. The Morgan fingerprint density at radius 2 is 1.89 bits per heavy atom. The van der Waals surface area contributed by atoms with E-state index in [9.17, 15) is 9.59 Å². The van der Waals surface area contributed by atoms with Gasteiger partial charge in [-0.25, -0.2) is 4.98 Å². The Bertz CT molecular complexity index is 840. The van der Waals surface area contributed by atoms with Crippen LogP contribution in [0.15, 0.2) is 36.7 Å². The molecule has 0 atom stereocenters. The second-order valence-corrected chi connectivity index (χ2v) is 7.39. The summed E-state index contributed by atoms with van der Waals surface area (Å²) < 4.78 is 5.61. The first kappa shape index (κ1) is 18.5. The van der Waals surface area contributed by atoms with E-state index in [4.69, 9.17) is 4.74 Å². The maximum absolute atomic E-state index is 12.6. The molecule has 2 amide bonds. The minimum atomic E-state index is -0.405. The average molecular weight is 382 g/mol. The molecule has 1 aromatic heterocycles. The molecule has 0 radical (unpaired) electrons. The third kappa shape index (κ3) is 3.25. The molecule has 1 fully saturated rings. The first-order chi connectivity index (χ1) is 13.6. The van der Waals surface area contributed by atoms with Crippen LogP contribution < -0.4 is 4.74 Å². The molecular formula is C21H26N4O3. The number of hydrogen-bond acceptors (Lipinski definition) is 4. The number of rotatable bonds is 4. The minimum Gasteiger partial charge on any atom is -0.484 e. The molecule has 7 nitrogen and oxygen atoms in total. The highest BCUT2D eigenvalue weighted by Crippen LogP contribution is 2.42. The van der Waals surface area contributed by atoms with Crippen LogP contribution in [0.3, 0.4) is 0 Å². The molecule has 0 unspecified atom stereocenters.